The summed E-state index contributed by atoms with van der Waals surface area (Å²) < 4.78 is 5.15. The summed E-state index contributed by atoms with van der Waals surface area (Å²) in [6, 6.07) is 12.8. The van der Waals surface area contributed by atoms with Gasteiger partial charge in [-0.05, 0) is 36.8 Å². The monoisotopic (exact) mass is 262 g/mol. The molecule has 0 spiro atoms. The largest absolute Gasteiger partial charge is 0.497 e. The van der Waals surface area contributed by atoms with Crippen LogP contribution in [-0.4, -0.2) is 13.7 Å². The fraction of sp³-hybridized carbons (Fsp3) is 0.333. The molecule has 0 aliphatic rings. The van der Waals surface area contributed by atoms with E-state index in [-0.39, 0.29) is 0 Å². The minimum Gasteiger partial charge on any atom is -0.497 e. The van der Waals surface area contributed by atoms with Crippen LogP contribution in [0, 0.1) is 6.92 Å². The first-order valence-electron chi connectivity index (χ1n) is 6.28. The lowest BCUT2D eigenvalue weighted by Crippen LogP contribution is -2.82. The van der Waals surface area contributed by atoms with Crippen molar-refractivity contribution in [2.75, 3.05) is 13.7 Å². The van der Waals surface area contributed by atoms with Crippen LogP contribution < -0.4 is 10.1 Å². The lowest BCUT2D eigenvalue weighted by Gasteiger charge is -2.03. The molecular formula is C15H20NOS+. The molecule has 0 amide bonds. The highest BCUT2D eigenvalue weighted by molar-refractivity contribution is 7.11. The Hall–Kier alpha value is -1.32. The molecule has 0 radical (unpaired) electrons. The normalized spacial score (nSPS) is 10.6. The third-order valence-corrected chi connectivity index (χ3v) is 3.96. The molecule has 1 aromatic heterocycles. The second-order valence-electron chi connectivity index (χ2n) is 4.39. The fourth-order valence-corrected chi connectivity index (χ4v) is 2.79. The van der Waals surface area contributed by atoms with Gasteiger partial charge in [-0.2, -0.15) is 0 Å². The average Bonchev–Trinajstić information content (AvgIpc) is 2.81. The van der Waals surface area contributed by atoms with Crippen molar-refractivity contribution in [3.05, 3.63) is 51.7 Å². The van der Waals surface area contributed by atoms with E-state index in [1.54, 1.807) is 7.11 Å². The zero-order valence-corrected chi connectivity index (χ0v) is 11.8. The summed E-state index contributed by atoms with van der Waals surface area (Å²) in [6.45, 7) is 4.38. The molecule has 2 rings (SSSR count). The summed E-state index contributed by atoms with van der Waals surface area (Å²) in [6.07, 6.45) is 1.11. The van der Waals surface area contributed by atoms with Crippen molar-refractivity contribution in [3.63, 3.8) is 0 Å². The number of methoxy groups -OCH3 is 1. The van der Waals surface area contributed by atoms with E-state index in [1.165, 1.54) is 15.3 Å². The Morgan fingerprint density at radius 1 is 1.11 bits per heavy atom. The van der Waals surface area contributed by atoms with Crippen molar-refractivity contribution in [1.29, 1.82) is 0 Å². The van der Waals surface area contributed by atoms with Crippen molar-refractivity contribution in [2.45, 2.75) is 19.9 Å². The number of benzene rings is 1. The number of hydrogen-bond donors (Lipinski definition) is 1. The second-order valence-corrected chi connectivity index (χ2v) is 5.76. The van der Waals surface area contributed by atoms with Crippen molar-refractivity contribution in [3.8, 4) is 5.75 Å². The third-order valence-electron chi connectivity index (χ3n) is 2.94. The second kappa shape index (κ2) is 6.57. The van der Waals surface area contributed by atoms with Crippen molar-refractivity contribution >= 4 is 11.3 Å². The van der Waals surface area contributed by atoms with Gasteiger partial charge >= 0.3 is 0 Å². The van der Waals surface area contributed by atoms with E-state index in [1.807, 2.05) is 23.5 Å². The standard InChI is InChI=1S/C15H19NOS/c1-12-3-8-15(18-12)11-16-10-9-13-4-6-14(17-2)7-5-13/h3-8,16H,9-11H2,1-2H3/p+1. The topological polar surface area (TPSA) is 25.8 Å². The molecule has 0 aliphatic carbocycles. The summed E-state index contributed by atoms with van der Waals surface area (Å²) in [5.74, 6) is 0.928. The molecule has 1 aromatic carbocycles. The van der Waals surface area contributed by atoms with Crippen molar-refractivity contribution in [1.82, 2.24) is 0 Å². The molecule has 2 aromatic rings. The minimum atomic E-state index is 0.928. The van der Waals surface area contributed by atoms with Gasteiger partial charge in [0.25, 0.3) is 0 Å². The zero-order chi connectivity index (χ0) is 12.8. The van der Waals surface area contributed by atoms with Crippen LogP contribution in [0.4, 0.5) is 0 Å². The molecule has 0 atom stereocenters. The lowest BCUT2D eigenvalue weighted by atomic mass is 10.1. The van der Waals surface area contributed by atoms with Crippen LogP contribution in [-0.2, 0) is 13.0 Å². The number of quaternary nitrogens is 1. The molecule has 96 valence electrons. The number of nitrogens with two attached hydrogens (primary N) is 1. The number of ether oxygens (including phenoxy) is 1. The van der Waals surface area contributed by atoms with Gasteiger partial charge in [-0.25, -0.2) is 0 Å². The van der Waals surface area contributed by atoms with E-state index >= 15 is 0 Å². The Bertz CT molecular complexity index is 475. The number of thiophene rings is 1. The van der Waals surface area contributed by atoms with Gasteiger partial charge in [0, 0.05) is 11.3 Å². The Morgan fingerprint density at radius 3 is 2.50 bits per heavy atom. The summed E-state index contributed by atoms with van der Waals surface area (Å²) in [7, 11) is 1.70. The number of rotatable bonds is 6. The predicted molar refractivity (Wildman–Crippen MR) is 76.3 cm³/mol. The molecule has 0 saturated heterocycles. The Labute approximate surface area is 113 Å². The van der Waals surface area contributed by atoms with Crippen molar-refractivity contribution in [2.24, 2.45) is 0 Å². The van der Waals surface area contributed by atoms with Crippen LogP contribution in [0.15, 0.2) is 36.4 Å². The molecule has 2 nitrogen and oxygen atoms in total. The SMILES string of the molecule is COc1ccc(CC[NH2+]Cc2ccc(C)s2)cc1. The van der Waals surface area contributed by atoms with Crippen LogP contribution in [0.2, 0.25) is 0 Å². The van der Waals surface area contributed by atoms with E-state index in [9.17, 15) is 0 Å². The predicted octanol–water partition coefficient (Wildman–Crippen LogP) is 2.37. The first-order valence-corrected chi connectivity index (χ1v) is 7.09. The Kier molecular flexibility index (Phi) is 4.79. The van der Waals surface area contributed by atoms with Crippen LogP contribution in [0.1, 0.15) is 15.3 Å². The molecule has 0 saturated carbocycles. The quantitative estimate of drug-likeness (QED) is 0.795. The molecule has 0 fully saturated rings. The smallest absolute Gasteiger partial charge is 0.118 e. The van der Waals surface area contributed by atoms with E-state index in [4.69, 9.17) is 4.74 Å². The lowest BCUT2D eigenvalue weighted by molar-refractivity contribution is -0.669. The molecule has 0 unspecified atom stereocenters. The van der Waals surface area contributed by atoms with Crippen LogP contribution in [0.25, 0.3) is 0 Å². The van der Waals surface area contributed by atoms with Gasteiger partial charge in [-0.3, -0.25) is 0 Å². The van der Waals surface area contributed by atoms with Gasteiger partial charge < -0.3 is 10.1 Å². The number of aryl methyl sites for hydroxylation is 1. The molecule has 0 aliphatic heterocycles. The summed E-state index contributed by atoms with van der Waals surface area (Å²) >= 11 is 1.89. The van der Waals surface area contributed by atoms with Gasteiger partial charge in [-0.1, -0.05) is 12.1 Å². The van der Waals surface area contributed by atoms with Gasteiger partial charge in [0.1, 0.15) is 12.3 Å². The van der Waals surface area contributed by atoms with Crippen LogP contribution in [0.5, 0.6) is 5.75 Å². The maximum atomic E-state index is 5.15. The van der Waals surface area contributed by atoms with Gasteiger partial charge in [0.15, 0.2) is 0 Å². The number of hydrogen-bond acceptors (Lipinski definition) is 2. The van der Waals surface area contributed by atoms with Gasteiger partial charge in [0.05, 0.1) is 18.5 Å². The minimum absolute atomic E-state index is 0.928. The molecule has 0 bridgehead atoms. The van der Waals surface area contributed by atoms with E-state index in [0.717, 1.165) is 25.3 Å². The highest BCUT2D eigenvalue weighted by atomic mass is 32.1. The third kappa shape index (κ3) is 3.86. The van der Waals surface area contributed by atoms with Crippen molar-refractivity contribution < 1.29 is 10.1 Å². The fourth-order valence-electron chi connectivity index (χ4n) is 1.90. The maximum absolute atomic E-state index is 5.15. The van der Waals surface area contributed by atoms with Crippen LogP contribution >= 0.6 is 11.3 Å². The van der Waals surface area contributed by atoms with Crippen LogP contribution in [0.3, 0.4) is 0 Å². The molecule has 18 heavy (non-hydrogen) atoms. The highest BCUT2D eigenvalue weighted by Crippen LogP contribution is 2.13. The van der Waals surface area contributed by atoms with Gasteiger partial charge in [0.2, 0.25) is 0 Å². The zero-order valence-electron chi connectivity index (χ0n) is 11.0. The average molecular weight is 262 g/mol. The van der Waals surface area contributed by atoms with E-state index in [0.29, 0.717) is 0 Å². The van der Waals surface area contributed by atoms with Gasteiger partial charge in [-0.15, -0.1) is 11.3 Å². The Morgan fingerprint density at radius 2 is 1.89 bits per heavy atom. The first-order chi connectivity index (χ1) is 8.78. The Balaban J connectivity index is 1.71. The van der Waals surface area contributed by atoms with E-state index < -0.39 is 0 Å². The summed E-state index contributed by atoms with van der Waals surface area (Å²) in [4.78, 5) is 2.86. The molecular weight excluding hydrogens is 242 g/mol. The molecule has 2 N–H and O–H groups in total. The highest BCUT2D eigenvalue weighted by Gasteiger charge is 2.00. The van der Waals surface area contributed by atoms with E-state index in [2.05, 4.69) is 36.5 Å². The molecule has 1 heterocycles. The summed E-state index contributed by atoms with van der Waals surface area (Å²) in [5.41, 5.74) is 1.37. The maximum Gasteiger partial charge on any atom is 0.118 e. The summed E-state index contributed by atoms with van der Waals surface area (Å²) in [5, 5.41) is 2.37. The molecule has 3 heteroatoms. The first kappa shape index (κ1) is 13.1.